The average Bonchev–Trinajstić information content (AvgIpc) is 2.91. The lowest BCUT2D eigenvalue weighted by atomic mass is 10.1. The van der Waals surface area contributed by atoms with Crippen molar-refractivity contribution in [1.82, 2.24) is 0 Å². The first kappa shape index (κ1) is 15.3. The van der Waals surface area contributed by atoms with Crippen LogP contribution in [0.1, 0.15) is 19.8 Å². The summed E-state index contributed by atoms with van der Waals surface area (Å²) in [5.74, 6) is -0.182. The van der Waals surface area contributed by atoms with Gasteiger partial charge in [-0.3, -0.25) is 4.79 Å². The fourth-order valence-electron chi connectivity index (χ4n) is 2.16. The number of carbonyl (C=O) groups is 2. The van der Waals surface area contributed by atoms with Crippen LogP contribution >= 0.6 is 0 Å². The van der Waals surface area contributed by atoms with E-state index in [1.165, 1.54) is 14.0 Å². The maximum Gasteiger partial charge on any atom is 0.341 e. The summed E-state index contributed by atoms with van der Waals surface area (Å²) >= 11 is 0. The van der Waals surface area contributed by atoms with Crippen molar-refractivity contribution < 1.29 is 24.2 Å². The number of rotatable bonds is 5. The molecule has 1 heterocycles. The summed E-state index contributed by atoms with van der Waals surface area (Å²) < 4.78 is 9.94. The number of methoxy groups -OCH3 is 1. The van der Waals surface area contributed by atoms with E-state index in [2.05, 4.69) is 4.74 Å². The van der Waals surface area contributed by atoms with E-state index in [-0.39, 0.29) is 12.5 Å². The second kappa shape index (κ2) is 6.13. The summed E-state index contributed by atoms with van der Waals surface area (Å²) in [4.78, 5) is 24.8. The molecule has 1 aromatic rings. The minimum atomic E-state index is -1.71. The Morgan fingerprint density at radius 1 is 1.48 bits per heavy atom. The maximum atomic E-state index is 11.7. The predicted molar refractivity (Wildman–Crippen MR) is 76.2 cm³/mol. The highest BCUT2D eigenvalue weighted by Gasteiger charge is 2.32. The molecule has 1 aliphatic heterocycles. The first-order valence-electron chi connectivity index (χ1n) is 6.78. The Bertz CT molecular complexity index is 541. The largest absolute Gasteiger partial charge is 0.490 e. The lowest BCUT2D eigenvalue weighted by Crippen LogP contribution is -2.42. The lowest BCUT2D eigenvalue weighted by molar-refractivity contribution is -0.163. The van der Waals surface area contributed by atoms with Crippen LogP contribution in [0.15, 0.2) is 24.3 Å². The third kappa shape index (κ3) is 3.52. The highest BCUT2D eigenvalue weighted by Crippen LogP contribution is 2.25. The molecule has 114 valence electrons. The van der Waals surface area contributed by atoms with E-state index in [0.717, 1.165) is 12.1 Å². The molecule has 2 rings (SSSR count). The van der Waals surface area contributed by atoms with Crippen molar-refractivity contribution in [3.63, 3.8) is 0 Å². The number of amides is 1. The lowest BCUT2D eigenvalue weighted by Gasteiger charge is -2.21. The van der Waals surface area contributed by atoms with Crippen molar-refractivity contribution in [2.45, 2.75) is 25.4 Å². The first-order valence-corrected chi connectivity index (χ1v) is 6.78. The van der Waals surface area contributed by atoms with Gasteiger partial charge in [-0.15, -0.1) is 0 Å². The van der Waals surface area contributed by atoms with Crippen LogP contribution in [0.2, 0.25) is 0 Å². The molecule has 21 heavy (non-hydrogen) atoms. The Morgan fingerprint density at radius 2 is 2.24 bits per heavy atom. The van der Waals surface area contributed by atoms with Gasteiger partial charge in [0.1, 0.15) is 12.4 Å². The number of hydrogen-bond donors (Lipinski definition) is 1. The van der Waals surface area contributed by atoms with Crippen molar-refractivity contribution in [2.75, 3.05) is 25.2 Å². The van der Waals surface area contributed by atoms with Gasteiger partial charge in [-0.25, -0.2) is 4.79 Å². The number of aliphatic hydroxyl groups is 1. The van der Waals surface area contributed by atoms with Crippen LogP contribution in [-0.2, 0) is 14.3 Å². The summed E-state index contributed by atoms with van der Waals surface area (Å²) in [6.07, 6.45) is 1.41. The number of hydrogen-bond acceptors (Lipinski definition) is 5. The summed E-state index contributed by atoms with van der Waals surface area (Å²) in [6.45, 7) is 1.80. The Labute approximate surface area is 123 Å². The molecule has 0 saturated carbocycles. The van der Waals surface area contributed by atoms with E-state index >= 15 is 0 Å². The van der Waals surface area contributed by atoms with Gasteiger partial charge in [-0.2, -0.15) is 0 Å². The van der Waals surface area contributed by atoms with Crippen LogP contribution in [0, 0.1) is 0 Å². The second-order valence-electron chi connectivity index (χ2n) is 5.20. The number of nitrogens with zero attached hydrogens (tertiary/aromatic N) is 1. The van der Waals surface area contributed by atoms with Crippen LogP contribution in [0.4, 0.5) is 5.69 Å². The van der Waals surface area contributed by atoms with Gasteiger partial charge < -0.3 is 19.5 Å². The van der Waals surface area contributed by atoms with Crippen molar-refractivity contribution in [1.29, 1.82) is 0 Å². The molecule has 1 amide bonds. The standard InChI is InChI=1S/C15H19NO5/c1-15(19,14(18)20-2)10-21-12-6-3-5-11(9-12)16-8-4-7-13(16)17/h3,5-6,9,19H,4,7-8,10H2,1-2H3. The van der Waals surface area contributed by atoms with Gasteiger partial charge in [0.05, 0.1) is 7.11 Å². The fourth-order valence-corrected chi connectivity index (χ4v) is 2.16. The number of esters is 1. The van der Waals surface area contributed by atoms with Crippen molar-refractivity contribution in [2.24, 2.45) is 0 Å². The molecule has 0 aromatic heterocycles. The van der Waals surface area contributed by atoms with E-state index < -0.39 is 11.6 Å². The van der Waals surface area contributed by atoms with Crippen molar-refractivity contribution in [3.05, 3.63) is 24.3 Å². The molecular formula is C15H19NO5. The SMILES string of the molecule is COC(=O)C(C)(O)COc1cccc(N2CCCC2=O)c1. The summed E-state index contributed by atoms with van der Waals surface area (Å²) in [5, 5.41) is 9.90. The van der Waals surface area contributed by atoms with E-state index in [4.69, 9.17) is 4.74 Å². The van der Waals surface area contributed by atoms with Crippen LogP contribution in [0.25, 0.3) is 0 Å². The minimum Gasteiger partial charge on any atom is -0.490 e. The van der Waals surface area contributed by atoms with Gasteiger partial charge in [-0.1, -0.05) is 6.07 Å². The van der Waals surface area contributed by atoms with E-state index in [9.17, 15) is 14.7 Å². The molecule has 1 atom stereocenters. The van der Waals surface area contributed by atoms with E-state index in [1.807, 2.05) is 6.07 Å². The minimum absolute atomic E-state index is 0.0914. The van der Waals surface area contributed by atoms with Gasteiger partial charge in [0.2, 0.25) is 5.91 Å². The quantitative estimate of drug-likeness (QED) is 0.823. The number of benzene rings is 1. The second-order valence-corrected chi connectivity index (χ2v) is 5.20. The Balaban J connectivity index is 2.05. The van der Waals surface area contributed by atoms with Gasteiger partial charge in [-0.05, 0) is 25.5 Å². The molecule has 1 fully saturated rings. The molecule has 1 saturated heterocycles. The van der Waals surface area contributed by atoms with Crippen LogP contribution in [0.3, 0.4) is 0 Å². The molecule has 1 N–H and O–H groups in total. The van der Waals surface area contributed by atoms with Gasteiger partial charge in [0.25, 0.3) is 0 Å². The average molecular weight is 293 g/mol. The first-order chi connectivity index (χ1) is 9.94. The molecule has 1 aliphatic rings. The molecule has 6 nitrogen and oxygen atoms in total. The molecule has 0 spiro atoms. The number of anilines is 1. The normalized spacial score (nSPS) is 17.5. The zero-order valence-corrected chi connectivity index (χ0v) is 12.2. The van der Waals surface area contributed by atoms with Crippen LogP contribution < -0.4 is 9.64 Å². The number of carbonyl (C=O) groups excluding carboxylic acids is 2. The molecule has 0 bridgehead atoms. The van der Waals surface area contributed by atoms with E-state index in [0.29, 0.717) is 18.7 Å². The molecule has 0 aliphatic carbocycles. The third-order valence-corrected chi connectivity index (χ3v) is 3.35. The predicted octanol–water partition coefficient (Wildman–Crippen LogP) is 1.12. The molecular weight excluding hydrogens is 274 g/mol. The van der Waals surface area contributed by atoms with Gasteiger partial charge in [0.15, 0.2) is 5.60 Å². The Morgan fingerprint density at radius 3 is 2.86 bits per heavy atom. The van der Waals surface area contributed by atoms with Gasteiger partial charge >= 0.3 is 5.97 Å². The molecule has 1 aromatic carbocycles. The molecule has 1 unspecified atom stereocenters. The third-order valence-electron chi connectivity index (χ3n) is 3.35. The monoisotopic (exact) mass is 293 g/mol. The Hall–Kier alpha value is -2.08. The van der Waals surface area contributed by atoms with Gasteiger partial charge in [0, 0.05) is 24.7 Å². The van der Waals surface area contributed by atoms with Crippen LogP contribution in [0.5, 0.6) is 5.75 Å². The summed E-state index contributed by atoms with van der Waals surface area (Å²) in [6, 6.07) is 7.02. The zero-order chi connectivity index (χ0) is 15.5. The molecule has 0 radical (unpaired) electrons. The highest BCUT2D eigenvalue weighted by molar-refractivity contribution is 5.95. The summed E-state index contributed by atoms with van der Waals surface area (Å²) in [7, 11) is 1.20. The highest BCUT2D eigenvalue weighted by atomic mass is 16.6. The van der Waals surface area contributed by atoms with Crippen molar-refractivity contribution in [3.8, 4) is 5.75 Å². The van der Waals surface area contributed by atoms with Crippen LogP contribution in [-0.4, -0.2) is 42.8 Å². The number of ether oxygens (including phenoxy) is 2. The van der Waals surface area contributed by atoms with Crippen molar-refractivity contribution >= 4 is 17.6 Å². The Kier molecular flexibility index (Phi) is 4.47. The fraction of sp³-hybridized carbons (Fsp3) is 0.467. The van der Waals surface area contributed by atoms with E-state index in [1.54, 1.807) is 23.1 Å². The molecule has 6 heteroatoms. The zero-order valence-electron chi connectivity index (χ0n) is 12.2. The maximum absolute atomic E-state index is 11.7. The topological polar surface area (TPSA) is 76.1 Å². The smallest absolute Gasteiger partial charge is 0.341 e. The summed E-state index contributed by atoms with van der Waals surface area (Å²) in [5.41, 5.74) is -0.957.